The summed E-state index contributed by atoms with van der Waals surface area (Å²) >= 11 is 1.39. The van der Waals surface area contributed by atoms with Crippen LogP contribution in [0.4, 0.5) is 11.4 Å². The maximum Gasteiger partial charge on any atom is 0.247 e. The third kappa shape index (κ3) is 3.10. The van der Waals surface area contributed by atoms with Crippen molar-refractivity contribution in [2.24, 2.45) is 0 Å². The van der Waals surface area contributed by atoms with Gasteiger partial charge in [-0.3, -0.25) is 9.59 Å². The fourth-order valence-electron chi connectivity index (χ4n) is 2.66. The van der Waals surface area contributed by atoms with E-state index in [0.717, 1.165) is 16.0 Å². The molecule has 5 heteroatoms. The average Bonchev–Trinajstić information content (AvgIpc) is 2.76. The minimum atomic E-state index is -0.399. The second-order valence-corrected chi connectivity index (χ2v) is 7.02. The van der Waals surface area contributed by atoms with Gasteiger partial charge in [0.05, 0.1) is 10.9 Å². The Labute approximate surface area is 139 Å². The van der Waals surface area contributed by atoms with Crippen LogP contribution in [-0.2, 0) is 9.59 Å². The first-order valence-electron chi connectivity index (χ1n) is 7.42. The molecule has 118 valence electrons. The fourth-order valence-corrected chi connectivity index (χ4v) is 3.78. The van der Waals surface area contributed by atoms with E-state index < -0.39 is 5.25 Å². The van der Waals surface area contributed by atoms with Crippen LogP contribution in [-0.4, -0.2) is 17.1 Å². The van der Waals surface area contributed by atoms with Gasteiger partial charge in [-0.25, -0.2) is 4.90 Å². The first-order valence-corrected chi connectivity index (χ1v) is 8.30. The third-order valence-corrected chi connectivity index (χ3v) is 5.03. The number of carbonyl (C=O) groups excluding carboxylic acids is 2. The molecule has 1 atom stereocenters. The van der Waals surface area contributed by atoms with Crippen molar-refractivity contribution in [1.82, 2.24) is 0 Å². The van der Waals surface area contributed by atoms with Crippen LogP contribution in [0.3, 0.4) is 0 Å². The Morgan fingerprint density at radius 3 is 2.65 bits per heavy atom. The van der Waals surface area contributed by atoms with Crippen molar-refractivity contribution in [3.8, 4) is 0 Å². The number of amides is 2. The zero-order valence-corrected chi connectivity index (χ0v) is 13.9. The summed E-state index contributed by atoms with van der Waals surface area (Å²) in [7, 11) is 0. The zero-order chi connectivity index (χ0) is 16.6. The van der Waals surface area contributed by atoms with Crippen molar-refractivity contribution in [2.75, 3.05) is 10.6 Å². The average molecular weight is 326 g/mol. The topological polar surface area (TPSA) is 63.4 Å². The van der Waals surface area contributed by atoms with Gasteiger partial charge in [0.15, 0.2) is 0 Å². The summed E-state index contributed by atoms with van der Waals surface area (Å²) in [6.07, 6.45) is 0.214. The van der Waals surface area contributed by atoms with Crippen LogP contribution in [0.5, 0.6) is 0 Å². The number of rotatable bonds is 3. The summed E-state index contributed by atoms with van der Waals surface area (Å²) < 4.78 is 0. The van der Waals surface area contributed by atoms with E-state index in [9.17, 15) is 9.59 Å². The largest absolute Gasteiger partial charge is 0.399 e. The molecule has 0 aromatic heterocycles. The highest BCUT2D eigenvalue weighted by atomic mass is 32.2. The van der Waals surface area contributed by atoms with Gasteiger partial charge in [-0.05, 0) is 49.2 Å². The summed E-state index contributed by atoms with van der Waals surface area (Å²) in [5, 5.41) is -0.399. The van der Waals surface area contributed by atoms with Crippen LogP contribution in [0.1, 0.15) is 17.5 Å². The molecule has 0 spiro atoms. The quantitative estimate of drug-likeness (QED) is 0.694. The third-order valence-electron chi connectivity index (χ3n) is 3.85. The summed E-state index contributed by atoms with van der Waals surface area (Å²) in [6, 6.07) is 13.2. The van der Waals surface area contributed by atoms with Gasteiger partial charge in [-0.2, -0.15) is 0 Å². The SMILES string of the molecule is Cc1ccc(C)c(N2C(=O)C[C@@H](Sc3cccc(N)c3)C2=O)c1. The Hall–Kier alpha value is -2.27. The number of nitrogen functional groups attached to an aromatic ring is 1. The number of nitrogens with two attached hydrogens (primary N) is 1. The molecule has 0 unspecified atom stereocenters. The zero-order valence-electron chi connectivity index (χ0n) is 13.1. The number of anilines is 2. The summed E-state index contributed by atoms with van der Waals surface area (Å²) in [5.41, 5.74) is 9.06. The molecule has 2 aromatic rings. The van der Waals surface area contributed by atoms with Gasteiger partial charge < -0.3 is 5.73 Å². The Bertz CT molecular complexity index is 788. The smallest absolute Gasteiger partial charge is 0.247 e. The molecule has 1 heterocycles. The molecule has 1 saturated heterocycles. The standard InChI is InChI=1S/C18H18N2O2S/c1-11-6-7-12(2)15(8-11)20-17(21)10-16(18(20)22)23-14-5-3-4-13(19)9-14/h3-9,16H,10,19H2,1-2H3/t16-/m1/s1. The number of hydrogen-bond donors (Lipinski definition) is 1. The van der Waals surface area contributed by atoms with E-state index in [0.29, 0.717) is 11.4 Å². The highest BCUT2D eigenvalue weighted by Gasteiger charge is 2.40. The second kappa shape index (κ2) is 6.08. The minimum absolute atomic E-state index is 0.148. The monoisotopic (exact) mass is 326 g/mol. The normalized spacial score (nSPS) is 17.8. The Morgan fingerprint density at radius 1 is 1.13 bits per heavy atom. The minimum Gasteiger partial charge on any atom is -0.399 e. The number of benzene rings is 2. The molecule has 1 aliphatic rings. The first-order chi connectivity index (χ1) is 11.0. The van der Waals surface area contributed by atoms with E-state index in [1.807, 2.05) is 50.2 Å². The van der Waals surface area contributed by atoms with Crippen LogP contribution in [0.15, 0.2) is 47.4 Å². The molecule has 0 radical (unpaired) electrons. The second-order valence-electron chi connectivity index (χ2n) is 5.74. The molecular weight excluding hydrogens is 308 g/mol. The molecule has 2 N–H and O–H groups in total. The lowest BCUT2D eigenvalue weighted by atomic mass is 10.1. The van der Waals surface area contributed by atoms with Crippen molar-refractivity contribution in [3.63, 3.8) is 0 Å². The number of nitrogens with zero attached hydrogens (tertiary/aromatic N) is 1. The number of aryl methyl sites for hydroxylation is 2. The van der Waals surface area contributed by atoms with E-state index in [2.05, 4.69) is 0 Å². The molecule has 4 nitrogen and oxygen atoms in total. The van der Waals surface area contributed by atoms with E-state index in [4.69, 9.17) is 5.73 Å². The van der Waals surface area contributed by atoms with Crippen LogP contribution in [0.2, 0.25) is 0 Å². The molecule has 2 aromatic carbocycles. The molecule has 2 amide bonds. The Morgan fingerprint density at radius 2 is 1.91 bits per heavy atom. The molecule has 0 bridgehead atoms. The predicted molar refractivity (Wildman–Crippen MR) is 93.5 cm³/mol. The number of hydrogen-bond acceptors (Lipinski definition) is 4. The van der Waals surface area contributed by atoms with Gasteiger partial charge in [0.2, 0.25) is 11.8 Å². The maximum absolute atomic E-state index is 12.7. The number of thioether (sulfide) groups is 1. The lowest BCUT2D eigenvalue weighted by molar-refractivity contribution is -0.121. The summed E-state index contributed by atoms with van der Waals surface area (Å²) in [6.45, 7) is 3.86. The predicted octanol–water partition coefficient (Wildman–Crippen LogP) is 3.31. The van der Waals surface area contributed by atoms with E-state index >= 15 is 0 Å². The molecule has 0 saturated carbocycles. The van der Waals surface area contributed by atoms with E-state index in [1.54, 1.807) is 6.07 Å². The first kappa shape index (κ1) is 15.6. The van der Waals surface area contributed by atoms with Crippen molar-refractivity contribution in [3.05, 3.63) is 53.6 Å². The van der Waals surface area contributed by atoms with Crippen LogP contribution < -0.4 is 10.6 Å². The maximum atomic E-state index is 12.7. The highest BCUT2D eigenvalue weighted by molar-refractivity contribution is 8.00. The van der Waals surface area contributed by atoms with Crippen LogP contribution >= 0.6 is 11.8 Å². The number of carbonyl (C=O) groups is 2. The van der Waals surface area contributed by atoms with E-state index in [-0.39, 0.29) is 18.2 Å². The van der Waals surface area contributed by atoms with Crippen molar-refractivity contribution in [1.29, 1.82) is 0 Å². The highest BCUT2D eigenvalue weighted by Crippen LogP contribution is 2.35. The van der Waals surface area contributed by atoms with Crippen molar-refractivity contribution < 1.29 is 9.59 Å². The summed E-state index contributed by atoms with van der Waals surface area (Å²) in [4.78, 5) is 27.3. The van der Waals surface area contributed by atoms with Crippen molar-refractivity contribution in [2.45, 2.75) is 30.4 Å². The van der Waals surface area contributed by atoms with E-state index in [1.165, 1.54) is 16.7 Å². The molecule has 23 heavy (non-hydrogen) atoms. The lowest BCUT2D eigenvalue weighted by Crippen LogP contribution is -2.31. The Kier molecular flexibility index (Phi) is 4.13. The molecule has 0 aliphatic carbocycles. The van der Waals surface area contributed by atoms with Gasteiger partial charge in [0.1, 0.15) is 0 Å². The van der Waals surface area contributed by atoms with Gasteiger partial charge in [-0.15, -0.1) is 11.8 Å². The fraction of sp³-hybridized carbons (Fsp3) is 0.222. The van der Waals surface area contributed by atoms with Gasteiger partial charge in [0, 0.05) is 17.0 Å². The summed E-state index contributed by atoms with van der Waals surface area (Å²) in [5.74, 6) is -0.304. The van der Waals surface area contributed by atoms with Gasteiger partial charge in [-0.1, -0.05) is 18.2 Å². The molecule has 1 fully saturated rings. The molecule has 3 rings (SSSR count). The Balaban J connectivity index is 1.87. The van der Waals surface area contributed by atoms with Crippen LogP contribution in [0.25, 0.3) is 0 Å². The lowest BCUT2D eigenvalue weighted by Gasteiger charge is -2.18. The van der Waals surface area contributed by atoms with Crippen LogP contribution in [0, 0.1) is 13.8 Å². The molecular formula is C18H18N2O2S. The van der Waals surface area contributed by atoms with Crippen molar-refractivity contribution >= 4 is 35.0 Å². The van der Waals surface area contributed by atoms with Gasteiger partial charge >= 0.3 is 0 Å². The number of imide groups is 1. The molecule has 1 aliphatic heterocycles. The van der Waals surface area contributed by atoms with Gasteiger partial charge in [0.25, 0.3) is 0 Å².